The van der Waals surface area contributed by atoms with Crippen LogP contribution in [-0.2, 0) is 12.1 Å². The van der Waals surface area contributed by atoms with Crippen molar-refractivity contribution in [3.8, 4) is 0 Å². The Morgan fingerprint density at radius 3 is 2.60 bits per heavy atom. The van der Waals surface area contributed by atoms with Crippen molar-refractivity contribution in [1.29, 1.82) is 0 Å². The normalized spacial score (nSPS) is 22.3. The van der Waals surface area contributed by atoms with Crippen molar-refractivity contribution in [3.05, 3.63) is 17.0 Å². The van der Waals surface area contributed by atoms with Gasteiger partial charge in [-0.1, -0.05) is 12.1 Å². The summed E-state index contributed by atoms with van der Waals surface area (Å²) >= 11 is 0. The highest BCUT2D eigenvalue weighted by atomic mass is 19.4. The first-order valence-electron chi connectivity index (χ1n) is 5.81. The van der Waals surface area contributed by atoms with Crippen LogP contribution in [0.15, 0.2) is 4.52 Å². The zero-order valence-corrected chi connectivity index (χ0v) is 10.7. The molecule has 1 aliphatic rings. The molecule has 1 aromatic heterocycles. The van der Waals surface area contributed by atoms with Gasteiger partial charge in [-0.3, -0.25) is 0 Å². The molecule has 1 aromatic rings. The summed E-state index contributed by atoms with van der Waals surface area (Å²) in [5, 5.41) is 21.9. The summed E-state index contributed by atoms with van der Waals surface area (Å²) < 4.78 is 43.4. The van der Waals surface area contributed by atoms with E-state index in [1.165, 1.54) is 0 Å². The molecule has 0 aromatic carbocycles. The van der Waals surface area contributed by atoms with Crippen LogP contribution in [0.5, 0.6) is 0 Å². The van der Waals surface area contributed by atoms with Crippen LogP contribution in [0.2, 0.25) is 0 Å². The fraction of sp³-hybridized carbons (Fsp3) is 0.636. The van der Waals surface area contributed by atoms with Crippen LogP contribution in [0.4, 0.5) is 18.0 Å². The molecule has 112 valence electrons. The predicted octanol–water partition coefficient (Wildman–Crippen LogP) is 2.04. The smallest absolute Gasteiger partial charge is 0.422 e. The standard InChI is InChI=1S/C11H13F3N2O4/c1-5-3-16(9(17)18)4-6-7(5)8(15-20-6)10(2,19)11(12,13)14/h5,19H,3-4H2,1-2H3,(H,17,18)/t5-,10+/m0/s1. The molecule has 0 bridgehead atoms. The summed E-state index contributed by atoms with van der Waals surface area (Å²) in [7, 11) is 0. The maximum absolute atomic E-state index is 12.9. The lowest BCUT2D eigenvalue weighted by Gasteiger charge is -2.30. The van der Waals surface area contributed by atoms with Crippen molar-refractivity contribution >= 4 is 6.09 Å². The summed E-state index contributed by atoms with van der Waals surface area (Å²) in [4.78, 5) is 11.9. The van der Waals surface area contributed by atoms with Gasteiger partial charge >= 0.3 is 12.3 Å². The van der Waals surface area contributed by atoms with Gasteiger partial charge in [-0.15, -0.1) is 0 Å². The quantitative estimate of drug-likeness (QED) is 0.827. The van der Waals surface area contributed by atoms with E-state index in [9.17, 15) is 23.1 Å². The van der Waals surface area contributed by atoms with E-state index in [4.69, 9.17) is 9.63 Å². The summed E-state index contributed by atoms with van der Waals surface area (Å²) in [6.07, 6.45) is -6.09. The molecule has 0 spiro atoms. The third kappa shape index (κ3) is 2.11. The van der Waals surface area contributed by atoms with E-state index in [-0.39, 0.29) is 24.4 Å². The molecular formula is C11H13F3N2O4. The molecule has 0 aliphatic carbocycles. The van der Waals surface area contributed by atoms with E-state index in [1.54, 1.807) is 6.92 Å². The molecule has 2 N–H and O–H groups in total. The van der Waals surface area contributed by atoms with E-state index < -0.39 is 29.5 Å². The van der Waals surface area contributed by atoms with Crippen molar-refractivity contribution < 1.29 is 32.7 Å². The summed E-state index contributed by atoms with van der Waals surface area (Å²) in [5.74, 6) is -0.518. The van der Waals surface area contributed by atoms with Crippen molar-refractivity contribution in [2.45, 2.75) is 38.1 Å². The van der Waals surface area contributed by atoms with Crippen LogP contribution in [0.25, 0.3) is 0 Å². The first kappa shape index (κ1) is 14.6. The Morgan fingerprint density at radius 1 is 1.50 bits per heavy atom. The Kier molecular flexibility index (Phi) is 3.20. The summed E-state index contributed by atoms with van der Waals surface area (Å²) in [5.41, 5.74) is -3.61. The zero-order valence-electron chi connectivity index (χ0n) is 10.7. The molecule has 0 saturated heterocycles. The van der Waals surface area contributed by atoms with Gasteiger partial charge in [0.05, 0.1) is 6.54 Å². The Bertz CT molecular complexity index is 538. The number of rotatable bonds is 1. The number of halogens is 3. The largest absolute Gasteiger partial charge is 0.465 e. The molecule has 0 radical (unpaired) electrons. The number of fused-ring (bicyclic) bond motifs is 1. The molecule has 20 heavy (non-hydrogen) atoms. The highest BCUT2D eigenvalue weighted by Gasteiger charge is 2.55. The Hall–Kier alpha value is -1.77. The minimum atomic E-state index is -4.90. The van der Waals surface area contributed by atoms with E-state index in [0.29, 0.717) is 6.92 Å². The second-order valence-corrected chi connectivity index (χ2v) is 5.00. The van der Waals surface area contributed by atoms with Crippen molar-refractivity contribution in [2.24, 2.45) is 0 Å². The number of amides is 1. The third-order valence-corrected chi connectivity index (χ3v) is 3.41. The number of aromatic nitrogens is 1. The van der Waals surface area contributed by atoms with Gasteiger partial charge in [0.15, 0.2) is 5.76 Å². The van der Waals surface area contributed by atoms with Crippen LogP contribution in [0.1, 0.15) is 36.8 Å². The average molecular weight is 294 g/mol. The fourth-order valence-corrected chi connectivity index (χ4v) is 2.24. The van der Waals surface area contributed by atoms with Gasteiger partial charge < -0.3 is 19.6 Å². The number of aliphatic hydroxyl groups is 1. The maximum Gasteiger partial charge on any atom is 0.422 e. The van der Waals surface area contributed by atoms with E-state index >= 15 is 0 Å². The van der Waals surface area contributed by atoms with Gasteiger partial charge in [-0.2, -0.15) is 13.2 Å². The van der Waals surface area contributed by atoms with Gasteiger partial charge in [0.1, 0.15) is 5.69 Å². The number of alkyl halides is 3. The topological polar surface area (TPSA) is 86.8 Å². The van der Waals surface area contributed by atoms with E-state index in [0.717, 1.165) is 4.90 Å². The van der Waals surface area contributed by atoms with Crippen LogP contribution in [0.3, 0.4) is 0 Å². The van der Waals surface area contributed by atoms with Crippen molar-refractivity contribution in [1.82, 2.24) is 10.1 Å². The minimum Gasteiger partial charge on any atom is -0.465 e. The molecule has 0 fully saturated rings. The second kappa shape index (κ2) is 4.37. The molecule has 1 amide bonds. The molecule has 0 saturated carbocycles. The minimum absolute atomic E-state index is 0.0183. The number of carbonyl (C=O) groups is 1. The number of hydrogen-bond acceptors (Lipinski definition) is 4. The predicted molar refractivity (Wildman–Crippen MR) is 59.0 cm³/mol. The monoisotopic (exact) mass is 294 g/mol. The molecular weight excluding hydrogens is 281 g/mol. The second-order valence-electron chi connectivity index (χ2n) is 5.00. The Morgan fingerprint density at radius 2 is 2.10 bits per heavy atom. The molecule has 9 heteroatoms. The third-order valence-electron chi connectivity index (χ3n) is 3.41. The highest BCUT2D eigenvalue weighted by Crippen LogP contribution is 2.43. The maximum atomic E-state index is 12.9. The SMILES string of the molecule is C[C@H]1CN(C(=O)O)Cc2onc([C@@](C)(O)C(F)(F)F)c21. The van der Waals surface area contributed by atoms with Crippen LogP contribution in [-0.4, -0.2) is 39.1 Å². The number of nitrogens with zero attached hydrogens (tertiary/aromatic N) is 2. The van der Waals surface area contributed by atoms with Gasteiger partial charge in [0.25, 0.3) is 0 Å². The lowest BCUT2D eigenvalue weighted by atomic mass is 9.88. The number of hydrogen-bond donors (Lipinski definition) is 2. The lowest BCUT2D eigenvalue weighted by Crippen LogP contribution is -2.42. The molecule has 2 rings (SSSR count). The van der Waals surface area contributed by atoms with Gasteiger partial charge in [0, 0.05) is 18.0 Å². The lowest BCUT2D eigenvalue weighted by molar-refractivity contribution is -0.261. The Balaban J connectivity index is 2.46. The van der Waals surface area contributed by atoms with Gasteiger partial charge in [-0.25, -0.2) is 4.79 Å². The first-order chi connectivity index (χ1) is 9.05. The van der Waals surface area contributed by atoms with E-state index in [1.807, 2.05) is 0 Å². The fourth-order valence-electron chi connectivity index (χ4n) is 2.24. The summed E-state index contributed by atoms with van der Waals surface area (Å²) in [6, 6.07) is 0. The van der Waals surface area contributed by atoms with Crippen LogP contribution >= 0.6 is 0 Å². The zero-order chi connectivity index (χ0) is 15.3. The van der Waals surface area contributed by atoms with Gasteiger partial charge in [0.2, 0.25) is 5.60 Å². The average Bonchev–Trinajstić information content (AvgIpc) is 2.71. The highest BCUT2D eigenvalue weighted by molar-refractivity contribution is 5.65. The molecule has 2 atom stereocenters. The van der Waals surface area contributed by atoms with Crippen molar-refractivity contribution in [3.63, 3.8) is 0 Å². The van der Waals surface area contributed by atoms with Gasteiger partial charge in [-0.05, 0) is 6.92 Å². The molecule has 2 heterocycles. The molecule has 0 unspecified atom stereocenters. The van der Waals surface area contributed by atoms with Crippen LogP contribution in [0, 0.1) is 0 Å². The van der Waals surface area contributed by atoms with E-state index in [2.05, 4.69) is 5.16 Å². The molecule has 6 nitrogen and oxygen atoms in total. The summed E-state index contributed by atoms with van der Waals surface area (Å²) in [6.45, 7) is 1.99. The van der Waals surface area contributed by atoms with Crippen LogP contribution < -0.4 is 0 Å². The molecule has 1 aliphatic heterocycles. The Labute approximate surface area is 111 Å². The first-order valence-corrected chi connectivity index (χ1v) is 5.81. The van der Waals surface area contributed by atoms with Crippen molar-refractivity contribution in [2.75, 3.05) is 6.54 Å². The number of carboxylic acid groups (broad SMARTS) is 1.